The Morgan fingerprint density at radius 1 is 1.07 bits per heavy atom. The van der Waals surface area contributed by atoms with Crippen LogP contribution in [0.2, 0.25) is 0 Å². The molecule has 7 nitrogen and oxygen atoms in total. The van der Waals surface area contributed by atoms with Gasteiger partial charge in [0.1, 0.15) is 5.75 Å². The van der Waals surface area contributed by atoms with Crippen molar-refractivity contribution in [1.29, 1.82) is 5.26 Å². The number of Topliss-reactive ketones (excluding diaryl/α,β-unsaturated/α-hetero) is 1. The molecular weight excluding hydrogens is 372 g/mol. The number of hydrogen-bond acceptors (Lipinski definition) is 6. The first-order chi connectivity index (χ1) is 13.9. The Bertz CT molecular complexity index is 898. The Kier molecular flexibility index (Phi) is 7.92. The third-order valence-corrected chi connectivity index (χ3v) is 4.04. The first-order valence-electron chi connectivity index (χ1n) is 9.09. The number of nitriles is 1. The van der Waals surface area contributed by atoms with Crippen molar-refractivity contribution in [3.63, 3.8) is 0 Å². The predicted octanol–water partition coefficient (Wildman–Crippen LogP) is 2.43. The van der Waals surface area contributed by atoms with Crippen LogP contribution < -0.4 is 10.1 Å². The van der Waals surface area contributed by atoms with Crippen molar-refractivity contribution in [1.82, 2.24) is 5.32 Å². The van der Waals surface area contributed by atoms with Crippen LogP contribution in [-0.4, -0.2) is 36.9 Å². The highest BCUT2D eigenvalue weighted by Crippen LogP contribution is 2.14. The van der Waals surface area contributed by atoms with Crippen LogP contribution in [0.1, 0.15) is 35.3 Å². The predicted molar refractivity (Wildman–Crippen MR) is 105 cm³/mol. The Morgan fingerprint density at radius 3 is 2.31 bits per heavy atom. The normalized spacial score (nSPS) is 11.1. The van der Waals surface area contributed by atoms with E-state index in [1.54, 1.807) is 48.5 Å². The summed E-state index contributed by atoms with van der Waals surface area (Å²) >= 11 is 0. The molecule has 7 heteroatoms. The van der Waals surface area contributed by atoms with Gasteiger partial charge in [0.15, 0.2) is 18.5 Å². The fourth-order valence-electron chi connectivity index (χ4n) is 2.44. The summed E-state index contributed by atoms with van der Waals surface area (Å²) in [6.45, 7) is 3.12. The molecule has 0 saturated carbocycles. The molecule has 0 radical (unpaired) electrons. The molecule has 1 atom stereocenters. The van der Waals surface area contributed by atoms with E-state index in [1.165, 1.54) is 13.8 Å². The average molecular weight is 394 g/mol. The molecule has 2 aromatic rings. The molecule has 0 aromatic heterocycles. The summed E-state index contributed by atoms with van der Waals surface area (Å²) in [6, 6.07) is 15.2. The molecule has 0 fully saturated rings. The van der Waals surface area contributed by atoms with E-state index in [2.05, 4.69) is 5.32 Å². The highest BCUT2D eigenvalue weighted by molar-refractivity contribution is 5.98. The number of ether oxygens (including phenoxy) is 2. The highest BCUT2D eigenvalue weighted by atomic mass is 16.6. The summed E-state index contributed by atoms with van der Waals surface area (Å²) in [5, 5.41) is 11.5. The zero-order valence-corrected chi connectivity index (χ0v) is 16.3. The van der Waals surface area contributed by atoms with Crippen molar-refractivity contribution in [3.05, 3.63) is 65.2 Å². The summed E-state index contributed by atoms with van der Waals surface area (Å²) in [5.74, 6) is -0.641. The van der Waals surface area contributed by atoms with E-state index in [9.17, 15) is 14.4 Å². The van der Waals surface area contributed by atoms with Crippen molar-refractivity contribution in [2.24, 2.45) is 0 Å². The standard InChI is InChI=1S/C22H22N2O5/c1-15(29-20-9-5-18(13-23)6-10-20)22(27)28-14-21(26)19-7-3-17(4-8-19)11-12-24-16(2)25/h3-10,15H,11-12,14H2,1-2H3,(H,24,25)/t15-/m1/s1. The molecule has 150 valence electrons. The number of rotatable bonds is 9. The fourth-order valence-corrected chi connectivity index (χ4v) is 2.44. The molecule has 0 unspecified atom stereocenters. The molecule has 0 heterocycles. The van der Waals surface area contributed by atoms with E-state index in [0.717, 1.165) is 5.56 Å². The monoisotopic (exact) mass is 394 g/mol. The van der Waals surface area contributed by atoms with Crippen molar-refractivity contribution in [2.45, 2.75) is 26.4 Å². The second kappa shape index (κ2) is 10.6. The number of nitrogens with one attached hydrogen (secondary N) is 1. The number of amides is 1. The lowest BCUT2D eigenvalue weighted by atomic mass is 10.1. The number of ketones is 1. The van der Waals surface area contributed by atoms with Crippen molar-refractivity contribution < 1.29 is 23.9 Å². The van der Waals surface area contributed by atoms with Gasteiger partial charge in [0.2, 0.25) is 5.91 Å². The van der Waals surface area contributed by atoms with Crippen molar-refractivity contribution in [3.8, 4) is 11.8 Å². The van der Waals surface area contributed by atoms with Gasteiger partial charge < -0.3 is 14.8 Å². The summed E-state index contributed by atoms with van der Waals surface area (Å²) in [4.78, 5) is 35.1. The molecule has 1 N–H and O–H groups in total. The maximum Gasteiger partial charge on any atom is 0.347 e. The highest BCUT2D eigenvalue weighted by Gasteiger charge is 2.18. The van der Waals surface area contributed by atoms with E-state index < -0.39 is 12.1 Å². The third-order valence-electron chi connectivity index (χ3n) is 4.04. The van der Waals surface area contributed by atoms with Gasteiger partial charge in [-0.1, -0.05) is 24.3 Å². The van der Waals surface area contributed by atoms with E-state index in [4.69, 9.17) is 14.7 Å². The van der Waals surface area contributed by atoms with E-state index in [1.807, 2.05) is 6.07 Å². The van der Waals surface area contributed by atoms with E-state index >= 15 is 0 Å². The van der Waals surface area contributed by atoms with E-state index in [0.29, 0.717) is 29.8 Å². The molecule has 0 aliphatic carbocycles. The Labute approximate surface area is 169 Å². The van der Waals surface area contributed by atoms with Gasteiger partial charge in [-0.25, -0.2) is 4.79 Å². The van der Waals surface area contributed by atoms with Crippen LogP contribution in [0, 0.1) is 11.3 Å². The Morgan fingerprint density at radius 2 is 1.72 bits per heavy atom. The molecule has 0 aliphatic heterocycles. The van der Waals surface area contributed by atoms with Gasteiger partial charge in [-0.15, -0.1) is 0 Å². The number of esters is 1. The van der Waals surface area contributed by atoms with Crippen LogP contribution in [0.4, 0.5) is 0 Å². The zero-order valence-electron chi connectivity index (χ0n) is 16.3. The molecule has 0 spiro atoms. The van der Waals surface area contributed by atoms with E-state index in [-0.39, 0.29) is 18.3 Å². The van der Waals surface area contributed by atoms with Gasteiger partial charge in [0, 0.05) is 19.0 Å². The topological polar surface area (TPSA) is 105 Å². The molecule has 0 bridgehead atoms. The lowest BCUT2D eigenvalue weighted by Crippen LogP contribution is -2.28. The second-order valence-electron chi connectivity index (χ2n) is 6.36. The molecule has 0 saturated heterocycles. The first-order valence-corrected chi connectivity index (χ1v) is 9.09. The van der Waals surface area contributed by atoms with Crippen LogP contribution in [0.15, 0.2) is 48.5 Å². The minimum absolute atomic E-state index is 0.0870. The molecule has 29 heavy (non-hydrogen) atoms. The minimum atomic E-state index is -0.896. The summed E-state index contributed by atoms with van der Waals surface area (Å²) < 4.78 is 10.5. The minimum Gasteiger partial charge on any atom is -0.479 e. The Balaban J connectivity index is 1.80. The number of nitrogens with zero attached hydrogens (tertiary/aromatic N) is 1. The van der Waals surface area contributed by atoms with Gasteiger partial charge >= 0.3 is 5.97 Å². The lowest BCUT2D eigenvalue weighted by Gasteiger charge is -2.13. The maximum atomic E-state index is 12.2. The van der Waals surface area contributed by atoms with Gasteiger partial charge in [0.05, 0.1) is 11.6 Å². The Hall–Kier alpha value is -3.66. The second-order valence-corrected chi connectivity index (χ2v) is 6.36. The molecule has 1 amide bonds. The quantitative estimate of drug-likeness (QED) is 0.517. The molecule has 2 rings (SSSR count). The summed E-state index contributed by atoms with van der Waals surface area (Å²) in [6.07, 6.45) is -0.236. The van der Waals surface area contributed by atoms with Crippen LogP contribution in [0.5, 0.6) is 5.75 Å². The smallest absolute Gasteiger partial charge is 0.347 e. The number of hydrogen-bond donors (Lipinski definition) is 1. The average Bonchev–Trinajstić information content (AvgIpc) is 2.72. The van der Waals surface area contributed by atoms with Gasteiger partial charge in [-0.05, 0) is 43.2 Å². The zero-order chi connectivity index (χ0) is 21.2. The molecule has 0 aliphatic rings. The van der Waals surface area contributed by atoms with Crippen LogP contribution in [0.25, 0.3) is 0 Å². The maximum absolute atomic E-state index is 12.2. The van der Waals surface area contributed by atoms with Crippen molar-refractivity contribution in [2.75, 3.05) is 13.2 Å². The van der Waals surface area contributed by atoms with Crippen LogP contribution in [0.3, 0.4) is 0 Å². The molecular formula is C22H22N2O5. The summed E-state index contributed by atoms with van der Waals surface area (Å²) in [5.41, 5.74) is 1.90. The third kappa shape index (κ3) is 7.11. The SMILES string of the molecule is CC(=O)NCCc1ccc(C(=O)COC(=O)[C@@H](C)Oc2ccc(C#N)cc2)cc1. The number of carbonyl (C=O) groups excluding carboxylic acids is 3. The van der Waals surface area contributed by atoms with Gasteiger partial charge in [0.25, 0.3) is 0 Å². The lowest BCUT2D eigenvalue weighted by molar-refractivity contribution is -0.149. The number of carbonyl (C=O) groups is 3. The van der Waals surface area contributed by atoms with Crippen LogP contribution >= 0.6 is 0 Å². The summed E-state index contributed by atoms with van der Waals surface area (Å²) in [7, 11) is 0. The number of benzene rings is 2. The fraction of sp³-hybridized carbons (Fsp3) is 0.273. The van der Waals surface area contributed by atoms with Gasteiger partial charge in [-0.3, -0.25) is 9.59 Å². The van der Waals surface area contributed by atoms with Crippen LogP contribution in [-0.2, 0) is 20.7 Å². The van der Waals surface area contributed by atoms with Gasteiger partial charge in [-0.2, -0.15) is 5.26 Å². The van der Waals surface area contributed by atoms with Crippen molar-refractivity contribution >= 4 is 17.7 Å². The first kappa shape index (κ1) is 21.6. The molecule has 2 aromatic carbocycles. The largest absolute Gasteiger partial charge is 0.479 e.